The maximum Gasteiger partial charge on any atom is 0.224 e. The van der Waals surface area contributed by atoms with E-state index in [1.807, 2.05) is 23.1 Å². The lowest BCUT2D eigenvalue weighted by molar-refractivity contribution is -0.134. The van der Waals surface area contributed by atoms with E-state index < -0.39 is 0 Å². The summed E-state index contributed by atoms with van der Waals surface area (Å²) in [4.78, 5) is 25.7. The molecule has 2 heterocycles. The number of nitrogens with zero attached hydrogens (tertiary/aromatic N) is 4. The zero-order valence-electron chi connectivity index (χ0n) is 19.1. The molecule has 0 bridgehead atoms. The predicted molar refractivity (Wildman–Crippen MR) is 125 cm³/mol. The summed E-state index contributed by atoms with van der Waals surface area (Å²) in [5, 5.41) is 0.532. The number of rotatable bonds is 6. The Morgan fingerprint density at radius 3 is 2.68 bits per heavy atom. The maximum atomic E-state index is 12.9. The van der Waals surface area contributed by atoms with Crippen molar-refractivity contribution in [2.24, 2.45) is 11.3 Å². The topological polar surface area (TPSA) is 58.6 Å². The van der Waals surface area contributed by atoms with Crippen LogP contribution in [-0.4, -0.2) is 46.5 Å². The quantitative estimate of drug-likeness (QED) is 0.595. The van der Waals surface area contributed by atoms with Crippen molar-refractivity contribution in [3.05, 3.63) is 41.7 Å². The Bertz CT molecular complexity index is 899. The summed E-state index contributed by atoms with van der Waals surface area (Å²) in [6.45, 7) is 13.1. The lowest BCUT2D eigenvalue weighted by Crippen LogP contribution is -2.54. The molecule has 31 heavy (non-hydrogen) atoms. The van der Waals surface area contributed by atoms with Crippen molar-refractivity contribution in [1.82, 2.24) is 14.9 Å². The van der Waals surface area contributed by atoms with Crippen molar-refractivity contribution in [2.75, 3.05) is 24.5 Å². The average Bonchev–Trinajstić information content (AvgIpc) is 2.68. The molecule has 3 rings (SSSR count). The van der Waals surface area contributed by atoms with Crippen molar-refractivity contribution < 1.29 is 9.53 Å². The van der Waals surface area contributed by atoms with Crippen LogP contribution in [0.15, 0.2) is 36.7 Å². The highest BCUT2D eigenvalue weighted by Crippen LogP contribution is 2.30. The molecule has 0 N–H and O–H groups in total. The summed E-state index contributed by atoms with van der Waals surface area (Å²) < 4.78 is 5.84. The monoisotopic (exact) mass is 444 g/mol. The number of piperazine rings is 1. The van der Waals surface area contributed by atoms with Crippen LogP contribution in [0.2, 0.25) is 5.02 Å². The molecule has 0 saturated carbocycles. The van der Waals surface area contributed by atoms with E-state index >= 15 is 0 Å². The van der Waals surface area contributed by atoms with Gasteiger partial charge >= 0.3 is 0 Å². The Kier molecular flexibility index (Phi) is 7.42. The van der Waals surface area contributed by atoms with Crippen molar-refractivity contribution >= 4 is 23.3 Å². The fourth-order valence-electron chi connectivity index (χ4n) is 4.27. The van der Waals surface area contributed by atoms with Gasteiger partial charge in [-0.3, -0.25) is 4.79 Å². The summed E-state index contributed by atoms with van der Waals surface area (Å²) in [5.41, 5.74) is 0.237. The molecule has 2 atom stereocenters. The molecule has 1 aliphatic heterocycles. The van der Waals surface area contributed by atoms with Gasteiger partial charge in [0.1, 0.15) is 17.9 Å². The number of carbonyl (C=O) groups is 1. The van der Waals surface area contributed by atoms with Crippen molar-refractivity contribution in [3.8, 4) is 11.6 Å². The first-order valence-electron chi connectivity index (χ1n) is 10.9. The number of benzene rings is 1. The van der Waals surface area contributed by atoms with Gasteiger partial charge in [0.25, 0.3) is 0 Å². The van der Waals surface area contributed by atoms with Crippen LogP contribution in [-0.2, 0) is 4.79 Å². The van der Waals surface area contributed by atoms with E-state index in [0.29, 0.717) is 35.5 Å². The second kappa shape index (κ2) is 9.86. The minimum absolute atomic E-state index is 0.117. The number of hydrogen-bond donors (Lipinski definition) is 0. The number of halogens is 1. The molecule has 0 aliphatic carbocycles. The van der Waals surface area contributed by atoms with Gasteiger partial charge in [0.15, 0.2) is 0 Å². The molecular formula is C24H33ClN4O2. The summed E-state index contributed by atoms with van der Waals surface area (Å²) in [5.74, 6) is 2.41. The van der Waals surface area contributed by atoms with Crippen LogP contribution in [0, 0.1) is 11.3 Å². The Morgan fingerprint density at radius 2 is 2.00 bits per heavy atom. The Hall–Kier alpha value is -2.34. The van der Waals surface area contributed by atoms with Gasteiger partial charge in [0, 0.05) is 38.2 Å². The van der Waals surface area contributed by atoms with E-state index in [2.05, 4.69) is 49.5 Å². The third kappa shape index (κ3) is 6.57. The fourth-order valence-corrected chi connectivity index (χ4v) is 4.44. The molecule has 2 aromatic rings. The molecule has 0 spiro atoms. The van der Waals surface area contributed by atoms with E-state index in [4.69, 9.17) is 16.3 Å². The van der Waals surface area contributed by atoms with Crippen molar-refractivity contribution in [2.45, 2.75) is 53.5 Å². The number of aromatic nitrogens is 2. The highest BCUT2D eigenvalue weighted by molar-refractivity contribution is 6.32. The summed E-state index contributed by atoms with van der Waals surface area (Å²) in [7, 11) is 0. The molecule has 168 valence electrons. The summed E-state index contributed by atoms with van der Waals surface area (Å²) in [6.07, 6.45) is 3.14. The van der Waals surface area contributed by atoms with Gasteiger partial charge in [-0.15, -0.1) is 0 Å². The van der Waals surface area contributed by atoms with Crippen LogP contribution < -0.4 is 9.64 Å². The highest BCUT2D eigenvalue weighted by Gasteiger charge is 2.29. The predicted octanol–water partition coefficient (Wildman–Crippen LogP) is 5.42. The van der Waals surface area contributed by atoms with Crippen molar-refractivity contribution in [3.63, 3.8) is 0 Å². The zero-order chi connectivity index (χ0) is 22.6. The third-order valence-corrected chi connectivity index (χ3v) is 5.75. The second-order valence-corrected chi connectivity index (χ2v) is 10.1. The van der Waals surface area contributed by atoms with Gasteiger partial charge in [-0.25, -0.2) is 9.97 Å². The van der Waals surface area contributed by atoms with Crippen molar-refractivity contribution in [1.29, 1.82) is 0 Å². The molecule has 1 fully saturated rings. The smallest absolute Gasteiger partial charge is 0.224 e. The van der Waals surface area contributed by atoms with Gasteiger partial charge in [-0.2, -0.15) is 0 Å². The Labute approximate surface area is 190 Å². The first kappa shape index (κ1) is 23.3. The first-order valence-corrected chi connectivity index (χ1v) is 11.3. The Morgan fingerprint density at radius 1 is 1.26 bits per heavy atom. The molecule has 1 amide bonds. The molecule has 1 aromatic heterocycles. The standard InChI is InChI=1S/C24H33ClN4O2/c1-17(14-24(3,4)5)12-23(30)29-11-10-28(15-18(29)2)21-13-22(27-16-26-21)31-20-9-7-6-8-19(20)25/h6-9,13,16-18H,10-12,14-15H2,1-5H3/t17-,18-/m0/s1. The van der Waals surface area contributed by atoms with Gasteiger partial charge in [-0.05, 0) is 36.8 Å². The summed E-state index contributed by atoms with van der Waals surface area (Å²) in [6, 6.07) is 9.23. The third-order valence-electron chi connectivity index (χ3n) is 5.43. The van der Waals surface area contributed by atoms with Gasteiger partial charge in [0.05, 0.1) is 5.02 Å². The van der Waals surface area contributed by atoms with Crippen LogP contribution in [0.1, 0.15) is 47.5 Å². The van der Waals surface area contributed by atoms with Gasteiger partial charge < -0.3 is 14.5 Å². The van der Waals surface area contributed by atoms with Crippen LogP contribution in [0.25, 0.3) is 0 Å². The fraction of sp³-hybridized carbons (Fsp3) is 0.542. The molecule has 7 heteroatoms. The molecule has 1 aliphatic rings. The molecule has 1 saturated heterocycles. The lowest BCUT2D eigenvalue weighted by atomic mass is 9.84. The second-order valence-electron chi connectivity index (χ2n) is 9.70. The minimum Gasteiger partial charge on any atom is -0.437 e. The van der Waals surface area contributed by atoms with Crippen LogP contribution in [0.4, 0.5) is 5.82 Å². The van der Waals surface area contributed by atoms with E-state index in [1.165, 1.54) is 6.33 Å². The highest BCUT2D eigenvalue weighted by atomic mass is 35.5. The molecule has 6 nitrogen and oxygen atoms in total. The van der Waals surface area contributed by atoms with Crippen LogP contribution in [0.5, 0.6) is 11.6 Å². The van der Waals surface area contributed by atoms with E-state index in [1.54, 1.807) is 12.1 Å². The molecule has 0 unspecified atom stereocenters. The van der Waals surface area contributed by atoms with Gasteiger partial charge in [0.2, 0.25) is 11.8 Å². The molecule has 0 radical (unpaired) electrons. The van der Waals surface area contributed by atoms with Crippen LogP contribution >= 0.6 is 11.6 Å². The lowest BCUT2D eigenvalue weighted by Gasteiger charge is -2.41. The molecule has 1 aromatic carbocycles. The van der Waals surface area contributed by atoms with E-state index in [0.717, 1.165) is 25.3 Å². The first-order chi connectivity index (χ1) is 14.6. The maximum absolute atomic E-state index is 12.9. The number of amides is 1. The largest absolute Gasteiger partial charge is 0.437 e. The zero-order valence-corrected chi connectivity index (χ0v) is 19.9. The number of carbonyl (C=O) groups excluding carboxylic acids is 1. The Balaban J connectivity index is 1.60. The average molecular weight is 445 g/mol. The number of anilines is 1. The van der Waals surface area contributed by atoms with Gasteiger partial charge in [-0.1, -0.05) is 51.4 Å². The number of hydrogen-bond acceptors (Lipinski definition) is 5. The van der Waals surface area contributed by atoms with E-state index in [-0.39, 0.29) is 17.4 Å². The SMILES string of the molecule is C[C@@H](CC(=O)N1CCN(c2cc(Oc3ccccc3Cl)ncn2)C[C@@H]1C)CC(C)(C)C. The molecular weight excluding hydrogens is 412 g/mol. The number of ether oxygens (including phenoxy) is 1. The van der Waals surface area contributed by atoms with E-state index in [9.17, 15) is 4.79 Å². The minimum atomic E-state index is 0.117. The van der Waals surface area contributed by atoms with Crippen LogP contribution in [0.3, 0.4) is 0 Å². The normalized spacial score (nSPS) is 18.1. The number of para-hydroxylation sites is 1. The summed E-state index contributed by atoms with van der Waals surface area (Å²) >= 11 is 6.18.